The van der Waals surface area contributed by atoms with Gasteiger partial charge in [0.05, 0.1) is 11.3 Å². The van der Waals surface area contributed by atoms with Gasteiger partial charge in [-0.25, -0.2) is 0 Å². The van der Waals surface area contributed by atoms with Crippen LogP contribution >= 0.6 is 15.9 Å². The van der Waals surface area contributed by atoms with Gasteiger partial charge in [0.15, 0.2) is 0 Å². The molecule has 0 spiro atoms. The lowest BCUT2D eigenvalue weighted by atomic mass is 10.1. The van der Waals surface area contributed by atoms with E-state index in [0.29, 0.717) is 0 Å². The second-order valence-corrected chi connectivity index (χ2v) is 4.71. The first-order chi connectivity index (χ1) is 7.85. The van der Waals surface area contributed by atoms with Crippen molar-refractivity contribution >= 4 is 21.6 Å². The molecular formula is C13H15BrN2. The van der Waals surface area contributed by atoms with Crippen molar-refractivity contribution in [2.45, 2.75) is 24.6 Å². The van der Waals surface area contributed by atoms with Crippen LogP contribution in [0.2, 0.25) is 0 Å². The van der Waals surface area contributed by atoms with Crippen molar-refractivity contribution < 1.29 is 0 Å². The van der Waals surface area contributed by atoms with E-state index in [1.165, 1.54) is 19.3 Å². The van der Waals surface area contributed by atoms with Crippen LogP contribution in [0.5, 0.6) is 0 Å². The highest BCUT2D eigenvalue weighted by Crippen LogP contribution is 2.25. The molecule has 0 amide bonds. The number of piperidine rings is 1. The highest BCUT2D eigenvalue weighted by Gasteiger charge is 2.14. The molecule has 1 heterocycles. The number of nitrogens with zero attached hydrogens (tertiary/aromatic N) is 2. The third kappa shape index (κ3) is 2.38. The molecule has 1 saturated heterocycles. The Balaban J connectivity index is 2.29. The summed E-state index contributed by atoms with van der Waals surface area (Å²) in [5, 5.41) is 9.98. The van der Waals surface area contributed by atoms with Gasteiger partial charge in [0.2, 0.25) is 0 Å². The Kier molecular flexibility index (Phi) is 3.84. The van der Waals surface area contributed by atoms with E-state index in [1.807, 2.05) is 6.07 Å². The van der Waals surface area contributed by atoms with Crippen molar-refractivity contribution in [3.8, 4) is 6.07 Å². The van der Waals surface area contributed by atoms with Crippen molar-refractivity contribution in [1.82, 2.24) is 0 Å². The fourth-order valence-corrected chi connectivity index (χ4v) is 2.52. The van der Waals surface area contributed by atoms with E-state index in [1.54, 1.807) is 0 Å². The minimum Gasteiger partial charge on any atom is -0.370 e. The molecule has 2 nitrogen and oxygen atoms in total. The fourth-order valence-electron chi connectivity index (χ4n) is 2.17. The summed E-state index contributed by atoms with van der Waals surface area (Å²) in [7, 11) is 0. The topological polar surface area (TPSA) is 27.0 Å². The summed E-state index contributed by atoms with van der Waals surface area (Å²) in [5.74, 6) is 0. The van der Waals surface area contributed by atoms with Crippen LogP contribution < -0.4 is 4.90 Å². The summed E-state index contributed by atoms with van der Waals surface area (Å²) >= 11 is 3.42. The molecule has 1 aromatic rings. The van der Waals surface area contributed by atoms with E-state index in [9.17, 15) is 5.26 Å². The van der Waals surface area contributed by atoms with Crippen molar-refractivity contribution in [2.24, 2.45) is 0 Å². The maximum atomic E-state index is 9.18. The van der Waals surface area contributed by atoms with Gasteiger partial charge in [-0.15, -0.1) is 0 Å². The number of hydrogen-bond acceptors (Lipinski definition) is 2. The number of alkyl halides is 1. The van der Waals surface area contributed by atoms with E-state index in [2.05, 4.69) is 39.0 Å². The van der Waals surface area contributed by atoms with Crippen LogP contribution in [-0.2, 0) is 5.33 Å². The quantitative estimate of drug-likeness (QED) is 0.775. The summed E-state index contributed by atoms with van der Waals surface area (Å²) < 4.78 is 0. The molecule has 1 aliphatic rings. The monoisotopic (exact) mass is 278 g/mol. The van der Waals surface area contributed by atoms with Crippen LogP contribution in [0, 0.1) is 11.3 Å². The van der Waals surface area contributed by atoms with E-state index >= 15 is 0 Å². The Morgan fingerprint density at radius 3 is 2.62 bits per heavy atom. The Hall–Kier alpha value is -1.01. The number of rotatable bonds is 2. The van der Waals surface area contributed by atoms with Crippen LogP contribution in [0.15, 0.2) is 18.2 Å². The van der Waals surface area contributed by atoms with E-state index in [0.717, 1.165) is 35.2 Å². The molecule has 1 aliphatic heterocycles. The van der Waals surface area contributed by atoms with Crippen LogP contribution in [0.25, 0.3) is 0 Å². The molecule has 0 bridgehead atoms. The Bertz CT molecular complexity index is 403. The van der Waals surface area contributed by atoms with Crippen molar-refractivity contribution in [1.29, 1.82) is 5.26 Å². The zero-order valence-corrected chi connectivity index (χ0v) is 10.8. The number of hydrogen-bond donors (Lipinski definition) is 0. The Labute approximate surface area is 105 Å². The molecule has 0 radical (unpaired) electrons. The van der Waals surface area contributed by atoms with E-state index < -0.39 is 0 Å². The van der Waals surface area contributed by atoms with E-state index in [4.69, 9.17) is 0 Å². The predicted octanol–water partition coefficient (Wildman–Crippen LogP) is 3.44. The second kappa shape index (κ2) is 5.36. The molecule has 3 heteroatoms. The maximum Gasteiger partial charge on any atom is 0.101 e. The van der Waals surface area contributed by atoms with Crippen LogP contribution in [0.3, 0.4) is 0 Å². The van der Waals surface area contributed by atoms with Gasteiger partial charge in [0.25, 0.3) is 0 Å². The molecule has 0 saturated carbocycles. The van der Waals surface area contributed by atoms with Crippen LogP contribution in [0.1, 0.15) is 30.4 Å². The zero-order valence-electron chi connectivity index (χ0n) is 9.25. The summed E-state index contributed by atoms with van der Waals surface area (Å²) in [6.07, 6.45) is 3.80. The number of nitriles is 1. The maximum absolute atomic E-state index is 9.18. The van der Waals surface area contributed by atoms with Gasteiger partial charge in [0, 0.05) is 18.4 Å². The summed E-state index contributed by atoms with van der Waals surface area (Å²) in [5.41, 5.74) is 3.07. The van der Waals surface area contributed by atoms with Gasteiger partial charge in [-0.3, -0.25) is 0 Å². The lowest BCUT2D eigenvalue weighted by molar-refractivity contribution is 0.577. The molecule has 1 aromatic carbocycles. The SMILES string of the molecule is N#Cc1cc(CBr)ccc1N1CCCCC1. The Morgan fingerprint density at radius 2 is 2.00 bits per heavy atom. The summed E-state index contributed by atoms with van der Waals surface area (Å²) in [6, 6.07) is 8.47. The van der Waals surface area contributed by atoms with Crippen molar-refractivity contribution in [3.05, 3.63) is 29.3 Å². The third-order valence-electron chi connectivity index (χ3n) is 3.03. The molecule has 2 rings (SSSR count). The number of benzene rings is 1. The molecule has 84 valence electrons. The van der Waals surface area contributed by atoms with Crippen LogP contribution in [-0.4, -0.2) is 13.1 Å². The average molecular weight is 279 g/mol. The highest BCUT2D eigenvalue weighted by molar-refractivity contribution is 9.08. The number of anilines is 1. The highest BCUT2D eigenvalue weighted by atomic mass is 79.9. The largest absolute Gasteiger partial charge is 0.370 e. The normalized spacial score (nSPS) is 15.9. The average Bonchev–Trinajstić information content (AvgIpc) is 2.39. The van der Waals surface area contributed by atoms with Crippen LogP contribution in [0.4, 0.5) is 5.69 Å². The molecule has 0 aromatic heterocycles. The lowest BCUT2D eigenvalue weighted by Crippen LogP contribution is -2.30. The number of halogens is 1. The van der Waals surface area contributed by atoms with Gasteiger partial charge in [-0.1, -0.05) is 22.0 Å². The molecule has 1 fully saturated rings. The first-order valence-corrected chi connectivity index (χ1v) is 6.81. The minimum atomic E-state index is 0.804. The predicted molar refractivity (Wildman–Crippen MR) is 69.9 cm³/mol. The molecule has 0 aliphatic carbocycles. The molecule has 0 unspecified atom stereocenters. The lowest BCUT2D eigenvalue weighted by Gasteiger charge is -2.29. The van der Waals surface area contributed by atoms with Gasteiger partial charge in [0.1, 0.15) is 6.07 Å². The standard InChI is InChI=1S/C13H15BrN2/c14-9-11-4-5-13(12(8-11)10-15)16-6-2-1-3-7-16/h4-5,8H,1-3,6-7,9H2. The first kappa shape index (κ1) is 11.5. The van der Waals surface area contributed by atoms with Gasteiger partial charge in [-0.2, -0.15) is 5.26 Å². The smallest absolute Gasteiger partial charge is 0.101 e. The van der Waals surface area contributed by atoms with Gasteiger partial charge in [-0.05, 0) is 37.0 Å². The van der Waals surface area contributed by atoms with Gasteiger partial charge < -0.3 is 4.90 Å². The third-order valence-corrected chi connectivity index (χ3v) is 3.68. The molecule has 0 atom stereocenters. The second-order valence-electron chi connectivity index (χ2n) is 4.14. The minimum absolute atomic E-state index is 0.804. The zero-order chi connectivity index (χ0) is 11.4. The van der Waals surface area contributed by atoms with E-state index in [-0.39, 0.29) is 0 Å². The van der Waals surface area contributed by atoms with Crippen molar-refractivity contribution in [2.75, 3.05) is 18.0 Å². The Morgan fingerprint density at radius 1 is 1.25 bits per heavy atom. The summed E-state index contributed by atoms with van der Waals surface area (Å²) in [4.78, 5) is 2.33. The first-order valence-electron chi connectivity index (χ1n) is 5.69. The molecule has 16 heavy (non-hydrogen) atoms. The van der Waals surface area contributed by atoms with Gasteiger partial charge >= 0.3 is 0 Å². The summed E-state index contributed by atoms with van der Waals surface area (Å²) in [6.45, 7) is 2.17. The fraction of sp³-hybridized carbons (Fsp3) is 0.462. The molecule has 0 N–H and O–H groups in total. The van der Waals surface area contributed by atoms with Crippen molar-refractivity contribution in [3.63, 3.8) is 0 Å². The molecular weight excluding hydrogens is 264 g/mol.